The average Bonchev–Trinajstić information content (AvgIpc) is 3.14. The van der Waals surface area contributed by atoms with Crippen LogP contribution in [0.1, 0.15) is 54.3 Å². The molecule has 0 bridgehead atoms. The third-order valence-corrected chi connectivity index (χ3v) is 7.84. The summed E-state index contributed by atoms with van der Waals surface area (Å²) in [5, 5.41) is 10.6. The van der Waals surface area contributed by atoms with Gasteiger partial charge < -0.3 is 4.74 Å². The lowest BCUT2D eigenvalue weighted by molar-refractivity contribution is 0.218. The Bertz CT molecular complexity index is 1220. The van der Waals surface area contributed by atoms with Crippen molar-refractivity contribution >= 4 is 38.5 Å². The van der Waals surface area contributed by atoms with Gasteiger partial charge in [-0.05, 0) is 72.1 Å². The second-order valence-corrected chi connectivity index (χ2v) is 11.5. The number of nitrogens with zero attached hydrogens (tertiary/aromatic N) is 2. The highest BCUT2D eigenvalue weighted by atomic mass is 79.9. The molecule has 0 spiro atoms. The Labute approximate surface area is 207 Å². The molecule has 0 N–H and O–H groups in total. The molecule has 4 rings (SSSR count). The fraction of sp³-hybridized carbons (Fsp3) is 0.333. The number of nitriles is 1. The van der Waals surface area contributed by atoms with E-state index in [1.54, 1.807) is 29.7 Å². The van der Waals surface area contributed by atoms with Gasteiger partial charge in [0.25, 0.3) is 0 Å². The van der Waals surface area contributed by atoms with E-state index in [2.05, 4.69) is 42.8 Å². The normalized spacial score (nSPS) is 15.9. The summed E-state index contributed by atoms with van der Waals surface area (Å²) in [5.41, 5.74) is 3.84. The van der Waals surface area contributed by atoms with Gasteiger partial charge in [0, 0.05) is 21.1 Å². The fourth-order valence-corrected chi connectivity index (χ4v) is 5.74. The van der Waals surface area contributed by atoms with E-state index in [-0.39, 0.29) is 11.2 Å². The molecule has 1 aliphatic carbocycles. The third-order valence-electron chi connectivity index (χ3n) is 6.18. The molecule has 3 aromatic rings. The van der Waals surface area contributed by atoms with E-state index in [0.29, 0.717) is 23.8 Å². The standard InChI is InChI=1S/C27H26BrFN2OS/c1-27(2,3)19-6-10-22-23(14-30)26(33-25(22)13-19)31-15-18-12-20(28)7-11-24(18)32-16-17-4-8-21(29)9-5-17/h4-5,7-9,11-12,15,19H,6,10,13,16H2,1-3H3/t19-/m1/s1. The highest BCUT2D eigenvalue weighted by Crippen LogP contribution is 2.45. The van der Waals surface area contributed by atoms with Crippen LogP contribution in [0.2, 0.25) is 0 Å². The molecule has 3 nitrogen and oxygen atoms in total. The number of hydrogen-bond donors (Lipinski definition) is 0. The lowest BCUT2D eigenvalue weighted by atomic mass is 9.72. The van der Waals surface area contributed by atoms with Crippen molar-refractivity contribution in [3.8, 4) is 11.8 Å². The second-order valence-electron chi connectivity index (χ2n) is 9.46. The average molecular weight is 525 g/mol. The molecule has 0 fully saturated rings. The Hall–Kier alpha value is -2.49. The smallest absolute Gasteiger partial charge is 0.134 e. The predicted octanol–water partition coefficient (Wildman–Crippen LogP) is 8.00. The van der Waals surface area contributed by atoms with E-state index < -0.39 is 0 Å². The van der Waals surface area contributed by atoms with Crippen molar-refractivity contribution in [1.29, 1.82) is 5.26 Å². The summed E-state index contributed by atoms with van der Waals surface area (Å²) < 4.78 is 20.1. The number of aliphatic imine (C=N–C) groups is 1. The molecule has 170 valence electrons. The zero-order valence-electron chi connectivity index (χ0n) is 19.0. The van der Waals surface area contributed by atoms with E-state index in [9.17, 15) is 9.65 Å². The molecule has 1 atom stereocenters. The molecule has 1 aliphatic rings. The highest BCUT2D eigenvalue weighted by molar-refractivity contribution is 9.10. The van der Waals surface area contributed by atoms with Crippen molar-refractivity contribution in [2.75, 3.05) is 0 Å². The second kappa shape index (κ2) is 9.79. The maximum absolute atomic E-state index is 13.2. The largest absolute Gasteiger partial charge is 0.488 e. The Balaban J connectivity index is 1.58. The molecule has 0 radical (unpaired) electrons. The van der Waals surface area contributed by atoms with Gasteiger partial charge in [0.1, 0.15) is 29.2 Å². The molecule has 33 heavy (non-hydrogen) atoms. The van der Waals surface area contributed by atoms with Crippen LogP contribution in [0.25, 0.3) is 0 Å². The van der Waals surface area contributed by atoms with Gasteiger partial charge in [-0.15, -0.1) is 11.3 Å². The third kappa shape index (κ3) is 5.54. The van der Waals surface area contributed by atoms with Crippen LogP contribution in [0.5, 0.6) is 5.75 Å². The summed E-state index contributed by atoms with van der Waals surface area (Å²) >= 11 is 5.16. The first kappa shape index (κ1) is 23.7. The number of benzene rings is 2. The van der Waals surface area contributed by atoms with Crippen molar-refractivity contribution in [3.05, 3.63) is 79.9 Å². The first-order chi connectivity index (χ1) is 15.7. The summed E-state index contributed by atoms with van der Waals surface area (Å²) in [6.45, 7) is 7.21. The summed E-state index contributed by atoms with van der Waals surface area (Å²) in [6, 6.07) is 14.4. The topological polar surface area (TPSA) is 45.4 Å². The van der Waals surface area contributed by atoms with Crippen molar-refractivity contribution in [2.45, 2.75) is 46.6 Å². The Morgan fingerprint density at radius 3 is 2.70 bits per heavy atom. The summed E-state index contributed by atoms with van der Waals surface area (Å²) in [7, 11) is 0. The van der Waals surface area contributed by atoms with Crippen molar-refractivity contribution in [2.24, 2.45) is 16.3 Å². The van der Waals surface area contributed by atoms with Gasteiger partial charge in [0.2, 0.25) is 0 Å². The summed E-state index contributed by atoms with van der Waals surface area (Å²) in [6.07, 6.45) is 4.83. The van der Waals surface area contributed by atoms with Crippen LogP contribution in [0, 0.1) is 28.5 Å². The number of ether oxygens (including phenoxy) is 1. The Kier molecular flexibility index (Phi) is 7.02. The molecule has 2 aromatic carbocycles. The quantitative estimate of drug-likeness (QED) is 0.317. The molecule has 1 aromatic heterocycles. The maximum Gasteiger partial charge on any atom is 0.134 e. The lowest BCUT2D eigenvalue weighted by Crippen LogP contribution is -2.26. The SMILES string of the molecule is CC(C)(C)[C@@H]1CCc2c(sc(N=Cc3cc(Br)ccc3OCc3ccc(F)cc3)c2C#N)C1. The monoisotopic (exact) mass is 524 g/mol. The molecule has 0 amide bonds. The minimum Gasteiger partial charge on any atom is -0.488 e. The van der Waals surface area contributed by atoms with Crippen LogP contribution in [-0.2, 0) is 19.4 Å². The van der Waals surface area contributed by atoms with E-state index >= 15 is 0 Å². The van der Waals surface area contributed by atoms with Gasteiger partial charge in [-0.1, -0.05) is 48.8 Å². The van der Waals surface area contributed by atoms with Gasteiger partial charge in [-0.25, -0.2) is 9.38 Å². The van der Waals surface area contributed by atoms with E-state index in [1.165, 1.54) is 22.6 Å². The molecular formula is C27H26BrFN2OS. The van der Waals surface area contributed by atoms with Gasteiger partial charge in [0.15, 0.2) is 0 Å². The van der Waals surface area contributed by atoms with Crippen molar-refractivity contribution in [1.82, 2.24) is 0 Å². The molecular weight excluding hydrogens is 499 g/mol. The molecule has 0 saturated carbocycles. The number of rotatable bonds is 5. The Morgan fingerprint density at radius 2 is 2.00 bits per heavy atom. The first-order valence-electron chi connectivity index (χ1n) is 11.0. The first-order valence-corrected chi connectivity index (χ1v) is 12.6. The Morgan fingerprint density at radius 1 is 1.24 bits per heavy atom. The zero-order valence-corrected chi connectivity index (χ0v) is 21.4. The number of hydrogen-bond acceptors (Lipinski definition) is 4. The molecule has 0 unspecified atom stereocenters. The van der Waals surface area contributed by atoms with Gasteiger partial charge >= 0.3 is 0 Å². The number of thiophene rings is 1. The number of halogens is 2. The van der Waals surface area contributed by atoms with Gasteiger partial charge in [-0.3, -0.25) is 0 Å². The zero-order chi connectivity index (χ0) is 23.6. The van der Waals surface area contributed by atoms with Crippen LogP contribution < -0.4 is 4.74 Å². The van der Waals surface area contributed by atoms with Crippen LogP contribution in [-0.4, -0.2) is 6.21 Å². The van der Waals surface area contributed by atoms with Crippen molar-refractivity contribution in [3.63, 3.8) is 0 Å². The predicted molar refractivity (Wildman–Crippen MR) is 136 cm³/mol. The minimum atomic E-state index is -0.268. The van der Waals surface area contributed by atoms with Crippen LogP contribution in [0.4, 0.5) is 9.39 Å². The van der Waals surface area contributed by atoms with Crippen LogP contribution in [0.3, 0.4) is 0 Å². The molecule has 0 saturated heterocycles. The van der Waals surface area contributed by atoms with Crippen LogP contribution >= 0.6 is 27.3 Å². The van der Waals surface area contributed by atoms with Gasteiger partial charge in [-0.2, -0.15) is 5.26 Å². The number of fused-ring (bicyclic) bond motifs is 1. The summed E-state index contributed by atoms with van der Waals surface area (Å²) in [4.78, 5) is 6.03. The van der Waals surface area contributed by atoms with E-state index in [1.807, 2.05) is 18.2 Å². The lowest BCUT2D eigenvalue weighted by Gasteiger charge is -2.33. The maximum atomic E-state index is 13.2. The van der Waals surface area contributed by atoms with Crippen molar-refractivity contribution < 1.29 is 9.13 Å². The fourth-order valence-electron chi connectivity index (χ4n) is 4.14. The molecule has 0 aliphatic heterocycles. The van der Waals surface area contributed by atoms with Crippen LogP contribution in [0.15, 0.2) is 51.9 Å². The van der Waals surface area contributed by atoms with E-state index in [4.69, 9.17) is 9.73 Å². The molecule has 1 heterocycles. The highest BCUT2D eigenvalue weighted by Gasteiger charge is 2.32. The molecule has 6 heteroatoms. The van der Waals surface area contributed by atoms with E-state index in [0.717, 1.165) is 39.9 Å². The minimum absolute atomic E-state index is 0.255. The summed E-state index contributed by atoms with van der Waals surface area (Å²) in [5.74, 6) is 1.03. The van der Waals surface area contributed by atoms with Gasteiger partial charge in [0.05, 0.1) is 5.56 Å².